The number of nitrogens with zero attached hydrogens (tertiary/aromatic N) is 1. The highest BCUT2D eigenvalue weighted by Crippen LogP contribution is 2.32. The van der Waals surface area contributed by atoms with Crippen molar-refractivity contribution in [3.05, 3.63) is 24.0 Å². The molecule has 0 saturated heterocycles. The summed E-state index contributed by atoms with van der Waals surface area (Å²) in [5.41, 5.74) is 0.862. The molecule has 1 heterocycles. The van der Waals surface area contributed by atoms with E-state index >= 15 is 0 Å². The Kier molecular flexibility index (Phi) is 4.37. The van der Waals surface area contributed by atoms with Gasteiger partial charge in [-0.15, -0.1) is 0 Å². The summed E-state index contributed by atoms with van der Waals surface area (Å²) in [6.45, 7) is 4.56. The van der Waals surface area contributed by atoms with Crippen molar-refractivity contribution in [2.24, 2.45) is 5.92 Å². The van der Waals surface area contributed by atoms with Gasteiger partial charge in [0.25, 0.3) is 0 Å². The van der Waals surface area contributed by atoms with Crippen molar-refractivity contribution < 1.29 is 9.53 Å². The van der Waals surface area contributed by atoms with Gasteiger partial charge in [0.2, 0.25) is 0 Å². The highest BCUT2D eigenvalue weighted by atomic mass is 16.5. The molecule has 3 heteroatoms. The topological polar surface area (TPSA) is 31.2 Å². The van der Waals surface area contributed by atoms with Gasteiger partial charge in [-0.05, 0) is 25.3 Å². The second-order valence-electron chi connectivity index (χ2n) is 4.74. The Morgan fingerprint density at radius 1 is 1.47 bits per heavy atom. The fraction of sp³-hybridized carbons (Fsp3) is 0.643. The molecule has 0 N–H and O–H groups in total. The number of hydrogen-bond acceptors (Lipinski definition) is 2. The van der Waals surface area contributed by atoms with E-state index in [1.165, 1.54) is 6.42 Å². The fourth-order valence-corrected chi connectivity index (χ4v) is 1.83. The van der Waals surface area contributed by atoms with Gasteiger partial charge in [-0.2, -0.15) is 0 Å². The lowest BCUT2D eigenvalue weighted by molar-refractivity contribution is 0.0967. The maximum absolute atomic E-state index is 11.8. The number of ketones is 1. The zero-order valence-electron chi connectivity index (χ0n) is 10.5. The van der Waals surface area contributed by atoms with Crippen LogP contribution in [0.2, 0.25) is 0 Å². The smallest absolute Gasteiger partial charge is 0.167 e. The monoisotopic (exact) mass is 235 g/mol. The first kappa shape index (κ1) is 12.4. The SMILES string of the molecule is CCCCOCCn1ccc(C(=O)C2CC2)c1. The third kappa shape index (κ3) is 3.70. The first-order valence-electron chi connectivity index (χ1n) is 6.59. The molecule has 0 aliphatic heterocycles. The van der Waals surface area contributed by atoms with Crippen LogP contribution in [0.3, 0.4) is 0 Å². The van der Waals surface area contributed by atoms with Crippen molar-refractivity contribution in [3.8, 4) is 0 Å². The fourth-order valence-electron chi connectivity index (χ4n) is 1.83. The van der Waals surface area contributed by atoms with Gasteiger partial charge in [0.1, 0.15) is 0 Å². The van der Waals surface area contributed by atoms with Crippen molar-refractivity contribution in [1.82, 2.24) is 4.57 Å². The van der Waals surface area contributed by atoms with Crippen LogP contribution in [0.25, 0.3) is 0 Å². The van der Waals surface area contributed by atoms with Crippen molar-refractivity contribution in [3.63, 3.8) is 0 Å². The van der Waals surface area contributed by atoms with Crippen molar-refractivity contribution in [1.29, 1.82) is 0 Å². The Hall–Kier alpha value is -1.09. The number of ether oxygens (including phenoxy) is 1. The summed E-state index contributed by atoms with van der Waals surface area (Å²) < 4.78 is 7.54. The summed E-state index contributed by atoms with van der Waals surface area (Å²) in [6.07, 6.45) is 8.36. The largest absolute Gasteiger partial charge is 0.380 e. The average Bonchev–Trinajstić information content (AvgIpc) is 3.08. The lowest BCUT2D eigenvalue weighted by Gasteiger charge is -2.04. The van der Waals surface area contributed by atoms with Crippen LogP contribution < -0.4 is 0 Å². The lowest BCUT2D eigenvalue weighted by Crippen LogP contribution is -2.05. The van der Waals surface area contributed by atoms with Crippen LogP contribution in [0.15, 0.2) is 18.5 Å². The minimum atomic E-state index is 0.312. The second-order valence-corrected chi connectivity index (χ2v) is 4.74. The molecule has 1 aromatic heterocycles. The maximum atomic E-state index is 11.8. The van der Waals surface area contributed by atoms with Gasteiger partial charge < -0.3 is 9.30 Å². The van der Waals surface area contributed by atoms with E-state index in [-0.39, 0.29) is 0 Å². The molecule has 1 fully saturated rings. The van der Waals surface area contributed by atoms with Crippen LogP contribution >= 0.6 is 0 Å². The molecular weight excluding hydrogens is 214 g/mol. The maximum Gasteiger partial charge on any atom is 0.167 e. The molecular formula is C14H21NO2. The summed E-state index contributed by atoms with van der Waals surface area (Å²) in [7, 11) is 0. The molecule has 1 aromatic rings. The molecule has 94 valence electrons. The minimum Gasteiger partial charge on any atom is -0.380 e. The Bertz CT molecular complexity index is 366. The highest BCUT2D eigenvalue weighted by Gasteiger charge is 2.30. The van der Waals surface area contributed by atoms with Crippen LogP contribution in [0, 0.1) is 5.92 Å². The summed E-state index contributed by atoms with van der Waals surface area (Å²) in [5, 5.41) is 0. The second kappa shape index (κ2) is 6.01. The Morgan fingerprint density at radius 3 is 3.00 bits per heavy atom. The molecule has 0 aromatic carbocycles. The van der Waals surface area contributed by atoms with Crippen LogP contribution in [0.1, 0.15) is 43.0 Å². The van der Waals surface area contributed by atoms with E-state index < -0.39 is 0 Å². The Balaban J connectivity index is 1.72. The molecule has 0 spiro atoms. The van der Waals surface area contributed by atoms with Crippen molar-refractivity contribution in [2.45, 2.75) is 39.2 Å². The van der Waals surface area contributed by atoms with E-state index in [4.69, 9.17) is 4.74 Å². The van der Waals surface area contributed by atoms with Crippen molar-refractivity contribution in [2.75, 3.05) is 13.2 Å². The van der Waals surface area contributed by atoms with Gasteiger partial charge in [0.15, 0.2) is 5.78 Å². The van der Waals surface area contributed by atoms with Crippen molar-refractivity contribution >= 4 is 5.78 Å². The molecule has 3 nitrogen and oxygen atoms in total. The molecule has 0 radical (unpaired) electrons. The van der Waals surface area contributed by atoms with Gasteiger partial charge in [0.05, 0.1) is 6.61 Å². The van der Waals surface area contributed by atoms with Crippen LogP contribution in [-0.4, -0.2) is 23.6 Å². The molecule has 17 heavy (non-hydrogen) atoms. The molecule has 2 rings (SSSR count). The standard InChI is InChI=1S/C14H21NO2/c1-2-3-9-17-10-8-15-7-6-13(11-15)14(16)12-4-5-12/h6-7,11-12H,2-5,8-10H2,1H3. The quantitative estimate of drug-likeness (QED) is 0.512. The van der Waals surface area contributed by atoms with E-state index in [2.05, 4.69) is 6.92 Å². The number of Topliss-reactive ketones (excluding diaryl/α,β-unsaturated/α-hetero) is 1. The van der Waals surface area contributed by atoms with E-state index in [0.29, 0.717) is 11.7 Å². The predicted molar refractivity (Wildman–Crippen MR) is 67.2 cm³/mol. The van der Waals surface area contributed by atoms with E-state index in [1.807, 2.05) is 23.0 Å². The van der Waals surface area contributed by atoms with Gasteiger partial charge in [-0.3, -0.25) is 4.79 Å². The summed E-state index contributed by atoms with van der Waals surface area (Å²) >= 11 is 0. The number of unbranched alkanes of at least 4 members (excludes halogenated alkanes) is 1. The Morgan fingerprint density at radius 2 is 2.29 bits per heavy atom. The van der Waals surface area contributed by atoms with Gasteiger partial charge in [0, 0.05) is 37.0 Å². The van der Waals surface area contributed by atoms with Gasteiger partial charge >= 0.3 is 0 Å². The molecule has 0 amide bonds. The first-order valence-corrected chi connectivity index (χ1v) is 6.59. The third-order valence-corrected chi connectivity index (χ3v) is 3.12. The first-order chi connectivity index (χ1) is 8.31. The van der Waals surface area contributed by atoms with Gasteiger partial charge in [-0.1, -0.05) is 13.3 Å². The molecule has 0 atom stereocenters. The Labute approximate surface area is 103 Å². The zero-order chi connectivity index (χ0) is 12.1. The van der Waals surface area contributed by atoms with Gasteiger partial charge in [-0.25, -0.2) is 0 Å². The highest BCUT2D eigenvalue weighted by molar-refractivity contribution is 5.99. The minimum absolute atomic E-state index is 0.312. The molecule has 1 aliphatic carbocycles. The number of rotatable bonds is 8. The molecule has 1 saturated carbocycles. The lowest BCUT2D eigenvalue weighted by atomic mass is 10.1. The van der Waals surface area contributed by atoms with Crippen LogP contribution in [0.4, 0.5) is 0 Å². The number of hydrogen-bond donors (Lipinski definition) is 0. The molecule has 1 aliphatic rings. The van der Waals surface area contributed by atoms with Crippen LogP contribution in [0.5, 0.6) is 0 Å². The number of carbonyl (C=O) groups is 1. The van der Waals surface area contributed by atoms with E-state index in [0.717, 1.165) is 44.6 Å². The summed E-state index contributed by atoms with van der Waals surface area (Å²) in [6, 6.07) is 1.92. The normalized spacial score (nSPS) is 15.1. The molecule has 0 unspecified atom stereocenters. The third-order valence-electron chi connectivity index (χ3n) is 3.12. The molecule has 0 bridgehead atoms. The predicted octanol–water partition coefficient (Wildman–Crippen LogP) is 2.90. The average molecular weight is 235 g/mol. The van der Waals surface area contributed by atoms with E-state index in [9.17, 15) is 4.79 Å². The number of carbonyl (C=O) groups excluding carboxylic acids is 1. The van der Waals surface area contributed by atoms with E-state index in [1.54, 1.807) is 0 Å². The summed E-state index contributed by atoms with van der Waals surface area (Å²) in [4.78, 5) is 11.8. The zero-order valence-corrected chi connectivity index (χ0v) is 10.5. The number of aromatic nitrogens is 1. The van der Waals surface area contributed by atoms with Crippen LogP contribution in [-0.2, 0) is 11.3 Å². The summed E-state index contributed by atoms with van der Waals surface area (Å²) in [5.74, 6) is 0.627.